The number of phosphoric acid groups is 1. The van der Waals surface area contributed by atoms with Crippen LogP contribution in [0.15, 0.2) is 0 Å². The minimum Gasteiger partial charge on any atom is -0.303 e. The number of rotatable bonds is 0. The summed E-state index contributed by atoms with van der Waals surface area (Å²) in [6.45, 7) is 0. The average molecular weight is 235 g/mol. The van der Waals surface area contributed by atoms with E-state index < -0.39 is 7.82 Å². The van der Waals surface area contributed by atoms with E-state index in [2.05, 4.69) is 0 Å². The summed E-state index contributed by atoms with van der Waals surface area (Å²) in [5.41, 5.74) is 0. The van der Waals surface area contributed by atoms with Gasteiger partial charge in [0.15, 0.2) is 0 Å². The Morgan fingerprint density at radius 2 is 1.17 bits per heavy atom. The Morgan fingerprint density at radius 1 is 1.17 bits per heavy atom. The average Bonchev–Trinajstić information content (AvgIpc) is 0.722. The molecule has 0 bridgehead atoms. The Hall–Kier alpha value is 1.68. The second-order valence-electron chi connectivity index (χ2n) is 0.513. The van der Waals surface area contributed by atoms with Crippen molar-refractivity contribution in [1.29, 1.82) is 0 Å². The van der Waals surface area contributed by atoms with Crippen LogP contribution >= 0.6 is 7.82 Å². The zero-order chi connectivity index (χ0) is 4.50. The van der Waals surface area contributed by atoms with Crippen LogP contribution in [-0.4, -0.2) is 63.6 Å². The zero-order valence-corrected chi connectivity index (χ0v) is 8.24. The summed E-state index contributed by atoms with van der Waals surface area (Å²) in [6.07, 6.45) is 0. The van der Waals surface area contributed by atoms with E-state index in [1.165, 1.54) is 0 Å². The predicted molar refractivity (Wildman–Crippen MR) is 20.0 cm³/mol. The fourth-order valence-electron chi connectivity index (χ4n) is 0. The molecule has 0 aliphatic heterocycles. The minimum atomic E-state index is -4.64. The van der Waals surface area contributed by atoms with Crippen molar-refractivity contribution >= 4 is 56.7 Å². The van der Waals surface area contributed by atoms with E-state index in [-0.39, 0.29) is 48.9 Å². The quantitative estimate of drug-likeness (QED) is 0.360. The summed E-state index contributed by atoms with van der Waals surface area (Å²) in [6, 6.07) is 0. The Balaban J connectivity index is 0. The molecule has 6 heavy (non-hydrogen) atoms. The van der Waals surface area contributed by atoms with Gasteiger partial charge in [-0.15, -0.1) is 0 Å². The zero-order valence-electron chi connectivity index (χ0n) is 2.90. The van der Waals surface area contributed by atoms with E-state index in [0.29, 0.717) is 0 Å². The van der Waals surface area contributed by atoms with E-state index >= 15 is 0 Å². The summed E-state index contributed by atoms with van der Waals surface area (Å²) in [7, 11) is -4.64. The normalized spacial score (nSPS) is 9.83. The van der Waals surface area contributed by atoms with Gasteiger partial charge in [0.05, 0.1) is 0 Å². The molecular formula is H3BaO4P. The van der Waals surface area contributed by atoms with Crippen molar-refractivity contribution in [2.24, 2.45) is 0 Å². The summed E-state index contributed by atoms with van der Waals surface area (Å²) >= 11 is 0. The van der Waals surface area contributed by atoms with Crippen molar-refractivity contribution in [2.45, 2.75) is 0 Å². The third-order valence-corrected chi connectivity index (χ3v) is 0. The van der Waals surface area contributed by atoms with Crippen LogP contribution in [0.25, 0.3) is 0 Å². The number of hydrogen-bond donors (Lipinski definition) is 3. The fraction of sp³-hybridized carbons (Fsp3) is 0. The van der Waals surface area contributed by atoms with Crippen molar-refractivity contribution < 1.29 is 19.2 Å². The first-order chi connectivity index (χ1) is 2.00. The molecule has 34 valence electrons. The Morgan fingerprint density at radius 3 is 1.17 bits per heavy atom. The third kappa shape index (κ3) is 44.0. The molecule has 3 N–H and O–H groups in total. The topological polar surface area (TPSA) is 77.8 Å². The van der Waals surface area contributed by atoms with Crippen molar-refractivity contribution in [2.75, 3.05) is 0 Å². The molecule has 0 unspecified atom stereocenters. The molecule has 0 aromatic rings. The molecule has 0 atom stereocenters. The van der Waals surface area contributed by atoms with Crippen LogP contribution in [0.2, 0.25) is 0 Å². The maximum Gasteiger partial charge on any atom is 0.466 e. The molecule has 0 aromatic heterocycles. The van der Waals surface area contributed by atoms with E-state index in [4.69, 9.17) is 19.2 Å². The second-order valence-corrected chi connectivity index (χ2v) is 1.54. The maximum absolute atomic E-state index is 8.88. The van der Waals surface area contributed by atoms with Gasteiger partial charge < -0.3 is 14.7 Å². The van der Waals surface area contributed by atoms with Crippen LogP contribution in [0.5, 0.6) is 0 Å². The Labute approximate surface area is 74.9 Å². The van der Waals surface area contributed by atoms with Gasteiger partial charge in [-0.3, -0.25) is 0 Å². The number of hydrogen-bond acceptors (Lipinski definition) is 1. The molecule has 0 amide bonds. The SMILES string of the molecule is O=P(O)(O)O.[Ba]. The molecule has 0 rings (SSSR count). The van der Waals surface area contributed by atoms with E-state index in [1.54, 1.807) is 0 Å². The fourth-order valence-corrected chi connectivity index (χ4v) is 0. The summed E-state index contributed by atoms with van der Waals surface area (Å²) in [5, 5.41) is 0. The molecule has 0 fully saturated rings. The molecule has 6 heteroatoms. The molecule has 0 aliphatic carbocycles. The summed E-state index contributed by atoms with van der Waals surface area (Å²) in [5.74, 6) is 0. The van der Waals surface area contributed by atoms with Gasteiger partial charge in [-0.05, 0) is 0 Å². The largest absolute Gasteiger partial charge is 0.466 e. The van der Waals surface area contributed by atoms with Crippen molar-refractivity contribution in [3.63, 3.8) is 0 Å². The Bertz CT molecular complexity index is 53.7. The third-order valence-electron chi connectivity index (χ3n) is 0. The predicted octanol–water partition coefficient (Wildman–Crippen LogP) is -1.31. The Kier molecular flexibility index (Phi) is 6.47. The van der Waals surface area contributed by atoms with Crippen molar-refractivity contribution in [3.05, 3.63) is 0 Å². The molecule has 0 aliphatic rings. The molecule has 0 saturated heterocycles. The van der Waals surface area contributed by atoms with E-state index in [1.807, 2.05) is 0 Å². The smallest absolute Gasteiger partial charge is 0.303 e. The van der Waals surface area contributed by atoms with Gasteiger partial charge >= 0.3 is 7.82 Å². The van der Waals surface area contributed by atoms with Crippen LogP contribution in [-0.2, 0) is 4.57 Å². The standard InChI is InChI=1S/Ba.H3O4P/c;1-5(2,3)4/h;(H3,1,2,3,4). The van der Waals surface area contributed by atoms with Crippen LogP contribution in [0.3, 0.4) is 0 Å². The van der Waals surface area contributed by atoms with Gasteiger partial charge in [-0.1, -0.05) is 0 Å². The first-order valence-corrected chi connectivity index (χ1v) is 2.35. The van der Waals surface area contributed by atoms with Gasteiger partial charge in [0.25, 0.3) is 0 Å². The molecule has 0 heterocycles. The molecule has 0 spiro atoms. The molecule has 2 radical (unpaired) electrons. The first kappa shape index (κ1) is 10.6. The monoisotopic (exact) mass is 236 g/mol. The molecule has 0 aromatic carbocycles. The van der Waals surface area contributed by atoms with Gasteiger partial charge in [-0.2, -0.15) is 0 Å². The van der Waals surface area contributed by atoms with Crippen LogP contribution in [0.1, 0.15) is 0 Å². The van der Waals surface area contributed by atoms with Crippen LogP contribution in [0.4, 0.5) is 0 Å². The second kappa shape index (κ2) is 3.66. The van der Waals surface area contributed by atoms with Gasteiger partial charge in [-0.25, -0.2) is 4.57 Å². The van der Waals surface area contributed by atoms with E-state index in [0.717, 1.165) is 0 Å². The summed E-state index contributed by atoms with van der Waals surface area (Å²) < 4.78 is 8.88. The van der Waals surface area contributed by atoms with Crippen molar-refractivity contribution in [1.82, 2.24) is 0 Å². The van der Waals surface area contributed by atoms with Gasteiger partial charge in [0.2, 0.25) is 0 Å². The van der Waals surface area contributed by atoms with Gasteiger partial charge in [0, 0.05) is 48.9 Å². The summed E-state index contributed by atoms with van der Waals surface area (Å²) in [4.78, 5) is 21.6. The maximum atomic E-state index is 8.88. The molecule has 4 nitrogen and oxygen atoms in total. The minimum absolute atomic E-state index is 0. The van der Waals surface area contributed by atoms with Crippen LogP contribution < -0.4 is 0 Å². The van der Waals surface area contributed by atoms with Crippen molar-refractivity contribution in [3.8, 4) is 0 Å². The van der Waals surface area contributed by atoms with Crippen LogP contribution in [0, 0.1) is 0 Å². The van der Waals surface area contributed by atoms with E-state index in [9.17, 15) is 0 Å². The first-order valence-electron chi connectivity index (χ1n) is 0.783. The molecular weight excluding hydrogens is 232 g/mol. The molecule has 0 saturated carbocycles. The van der Waals surface area contributed by atoms with Gasteiger partial charge in [0.1, 0.15) is 0 Å².